The lowest BCUT2D eigenvalue weighted by Crippen LogP contribution is -2.25. The zero-order valence-corrected chi connectivity index (χ0v) is 14.6. The summed E-state index contributed by atoms with van der Waals surface area (Å²) in [7, 11) is 3.03. The van der Waals surface area contributed by atoms with Crippen LogP contribution in [0.4, 0.5) is 5.69 Å². The molecule has 6 nitrogen and oxygen atoms in total. The van der Waals surface area contributed by atoms with E-state index in [1.165, 1.54) is 7.11 Å². The molecule has 0 saturated carbocycles. The maximum Gasteiger partial charge on any atom is 0.259 e. The lowest BCUT2D eigenvalue weighted by Gasteiger charge is -2.13. The van der Waals surface area contributed by atoms with Crippen LogP contribution in [-0.2, 0) is 0 Å². The number of hydrogen-bond donors (Lipinski definition) is 2. The maximum absolute atomic E-state index is 12.6. The van der Waals surface area contributed by atoms with Gasteiger partial charge in [0.15, 0.2) is 0 Å². The molecule has 0 atom stereocenters. The summed E-state index contributed by atoms with van der Waals surface area (Å²) in [6.45, 7) is 2.55. The molecule has 6 heteroatoms. The van der Waals surface area contributed by atoms with E-state index in [4.69, 9.17) is 9.47 Å². The highest BCUT2D eigenvalue weighted by molar-refractivity contribution is 6.10. The first-order valence-corrected chi connectivity index (χ1v) is 8.01. The van der Waals surface area contributed by atoms with Crippen molar-refractivity contribution in [1.29, 1.82) is 0 Å². The van der Waals surface area contributed by atoms with Crippen LogP contribution >= 0.6 is 0 Å². The lowest BCUT2D eigenvalue weighted by atomic mass is 10.1. The van der Waals surface area contributed by atoms with Crippen LogP contribution in [0.1, 0.15) is 34.1 Å². The molecular formula is C19H22N2O4. The number of nitrogens with one attached hydrogen (secondary N) is 2. The Morgan fingerprint density at radius 1 is 0.960 bits per heavy atom. The topological polar surface area (TPSA) is 76.7 Å². The van der Waals surface area contributed by atoms with Crippen LogP contribution in [0, 0.1) is 0 Å². The smallest absolute Gasteiger partial charge is 0.259 e. The molecular weight excluding hydrogens is 320 g/mol. The first-order chi connectivity index (χ1) is 12.1. The number of para-hydroxylation sites is 1. The minimum absolute atomic E-state index is 0.223. The minimum atomic E-state index is -0.366. The molecule has 2 amide bonds. The second-order valence-electron chi connectivity index (χ2n) is 5.32. The molecule has 2 N–H and O–H groups in total. The van der Waals surface area contributed by atoms with Crippen molar-refractivity contribution in [2.45, 2.75) is 13.3 Å². The Morgan fingerprint density at radius 2 is 1.72 bits per heavy atom. The van der Waals surface area contributed by atoms with Gasteiger partial charge in [0, 0.05) is 12.6 Å². The highest BCUT2D eigenvalue weighted by atomic mass is 16.5. The van der Waals surface area contributed by atoms with Gasteiger partial charge in [0.05, 0.1) is 31.0 Å². The number of anilines is 1. The molecule has 0 radical (unpaired) electrons. The second-order valence-corrected chi connectivity index (χ2v) is 5.32. The molecule has 2 aromatic rings. The summed E-state index contributed by atoms with van der Waals surface area (Å²) in [5.74, 6) is 0.396. The maximum atomic E-state index is 12.6. The Morgan fingerprint density at radius 3 is 2.40 bits per heavy atom. The van der Waals surface area contributed by atoms with Gasteiger partial charge in [-0.3, -0.25) is 9.59 Å². The van der Waals surface area contributed by atoms with Crippen LogP contribution in [0.2, 0.25) is 0 Å². The second kappa shape index (κ2) is 8.73. The predicted molar refractivity (Wildman–Crippen MR) is 96.6 cm³/mol. The van der Waals surface area contributed by atoms with Crippen LogP contribution < -0.4 is 20.1 Å². The average Bonchev–Trinajstić information content (AvgIpc) is 2.65. The molecule has 0 aromatic heterocycles. The van der Waals surface area contributed by atoms with Crippen LogP contribution in [-0.4, -0.2) is 32.6 Å². The summed E-state index contributed by atoms with van der Waals surface area (Å²) in [6.07, 6.45) is 0.837. The van der Waals surface area contributed by atoms with Crippen molar-refractivity contribution >= 4 is 17.5 Å². The summed E-state index contributed by atoms with van der Waals surface area (Å²) < 4.78 is 10.4. The highest BCUT2D eigenvalue weighted by Gasteiger charge is 2.17. The standard InChI is InChI=1S/C19H22N2O4/c1-4-11-20-18(22)14-7-5-6-8-16(14)21-19(23)15-10-9-13(24-2)12-17(15)25-3/h5-10,12H,4,11H2,1-3H3,(H,20,22)(H,21,23). The van der Waals surface area contributed by atoms with E-state index in [2.05, 4.69) is 10.6 Å². The summed E-state index contributed by atoms with van der Waals surface area (Å²) in [5, 5.41) is 5.58. The Labute approximate surface area is 147 Å². The van der Waals surface area contributed by atoms with Crippen LogP contribution in [0.5, 0.6) is 11.5 Å². The van der Waals surface area contributed by atoms with E-state index < -0.39 is 0 Å². The number of rotatable bonds is 7. The fourth-order valence-corrected chi connectivity index (χ4v) is 2.30. The third-order valence-corrected chi connectivity index (χ3v) is 3.61. The number of amides is 2. The Balaban J connectivity index is 2.25. The van der Waals surface area contributed by atoms with Crippen molar-refractivity contribution in [2.75, 3.05) is 26.1 Å². The molecule has 0 unspecified atom stereocenters. The van der Waals surface area contributed by atoms with Crippen molar-refractivity contribution < 1.29 is 19.1 Å². The third kappa shape index (κ3) is 4.50. The molecule has 0 bridgehead atoms. The number of hydrogen-bond acceptors (Lipinski definition) is 4. The van der Waals surface area contributed by atoms with Crippen molar-refractivity contribution in [1.82, 2.24) is 5.32 Å². The molecule has 2 aromatic carbocycles. The Hall–Kier alpha value is -3.02. The average molecular weight is 342 g/mol. The van der Waals surface area contributed by atoms with E-state index in [0.29, 0.717) is 34.9 Å². The van der Waals surface area contributed by atoms with Gasteiger partial charge in [-0.15, -0.1) is 0 Å². The van der Waals surface area contributed by atoms with Crippen molar-refractivity contribution in [3.8, 4) is 11.5 Å². The van der Waals surface area contributed by atoms with Gasteiger partial charge in [-0.05, 0) is 30.7 Å². The number of carbonyl (C=O) groups excluding carboxylic acids is 2. The molecule has 0 saturated heterocycles. The van der Waals surface area contributed by atoms with Gasteiger partial charge < -0.3 is 20.1 Å². The van der Waals surface area contributed by atoms with Crippen LogP contribution in [0.3, 0.4) is 0 Å². The van der Waals surface area contributed by atoms with E-state index in [9.17, 15) is 9.59 Å². The molecule has 2 rings (SSSR count). The van der Waals surface area contributed by atoms with E-state index in [1.807, 2.05) is 6.92 Å². The summed E-state index contributed by atoms with van der Waals surface area (Å²) >= 11 is 0. The molecule has 25 heavy (non-hydrogen) atoms. The number of ether oxygens (including phenoxy) is 2. The fourth-order valence-electron chi connectivity index (χ4n) is 2.30. The minimum Gasteiger partial charge on any atom is -0.497 e. The third-order valence-electron chi connectivity index (χ3n) is 3.61. The molecule has 0 fully saturated rings. The van der Waals surface area contributed by atoms with E-state index in [0.717, 1.165) is 6.42 Å². The Kier molecular flexibility index (Phi) is 6.39. The van der Waals surface area contributed by atoms with Gasteiger partial charge in [0.25, 0.3) is 11.8 Å². The summed E-state index contributed by atoms with van der Waals surface area (Å²) in [4.78, 5) is 24.9. The molecule has 0 aliphatic rings. The van der Waals surface area contributed by atoms with Crippen LogP contribution in [0.25, 0.3) is 0 Å². The summed E-state index contributed by atoms with van der Waals surface area (Å²) in [6, 6.07) is 11.8. The van der Waals surface area contributed by atoms with Crippen molar-refractivity contribution in [3.63, 3.8) is 0 Å². The SMILES string of the molecule is CCCNC(=O)c1ccccc1NC(=O)c1ccc(OC)cc1OC. The number of benzene rings is 2. The number of methoxy groups -OCH3 is 2. The molecule has 0 heterocycles. The predicted octanol–water partition coefficient (Wildman–Crippen LogP) is 3.10. The zero-order chi connectivity index (χ0) is 18.2. The fraction of sp³-hybridized carbons (Fsp3) is 0.263. The molecule has 132 valence electrons. The monoisotopic (exact) mass is 342 g/mol. The normalized spacial score (nSPS) is 10.0. The van der Waals surface area contributed by atoms with Crippen molar-refractivity contribution in [3.05, 3.63) is 53.6 Å². The van der Waals surface area contributed by atoms with E-state index >= 15 is 0 Å². The first-order valence-electron chi connectivity index (χ1n) is 8.01. The highest BCUT2D eigenvalue weighted by Crippen LogP contribution is 2.26. The van der Waals surface area contributed by atoms with Gasteiger partial charge in [-0.1, -0.05) is 19.1 Å². The van der Waals surface area contributed by atoms with Gasteiger partial charge in [0.1, 0.15) is 11.5 Å². The zero-order valence-electron chi connectivity index (χ0n) is 14.6. The largest absolute Gasteiger partial charge is 0.497 e. The molecule has 0 aliphatic heterocycles. The summed E-state index contributed by atoms with van der Waals surface area (Å²) in [5.41, 5.74) is 1.21. The number of carbonyl (C=O) groups is 2. The first kappa shape index (κ1) is 18.3. The molecule has 0 spiro atoms. The quantitative estimate of drug-likeness (QED) is 0.811. The van der Waals surface area contributed by atoms with Gasteiger partial charge >= 0.3 is 0 Å². The van der Waals surface area contributed by atoms with Gasteiger partial charge in [0.2, 0.25) is 0 Å². The van der Waals surface area contributed by atoms with Crippen LogP contribution in [0.15, 0.2) is 42.5 Å². The van der Waals surface area contributed by atoms with E-state index in [-0.39, 0.29) is 11.8 Å². The lowest BCUT2D eigenvalue weighted by molar-refractivity contribution is 0.0954. The molecule has 0 aliphatic carbocycles. The van der Waals surface area contributed by atoms with Gasteiger partial charge in [-0.25, -0.2) is 0 Å². The van der Waals surface area contributed by atoms with Gasteiger partial charge in [-0.2, -0.15) is 0 Å². The van der Waals surface area contributed by atoms with E-state index in [1.54, 1.807) is 49.6 Å². The van der Waals surface area contributed by atoms with Crippen molar-refractivity contribution in [2.24, 2.45) is 0 Å². The Bertz CT molecular complexity index is 759.